The summed E-state index contributed by atoms with van der Waals surface area (Å²) in [6, 6.07) is 1.15. The van der Waals surface area contributed by atoms with E-state index in [2.05, 4.69) is 10.1 Å². The Kier molecular flexibility index (Phi) is 5.42. The molecule has 1 atom stereocenters. The van der Waals surface area contributed by atoms with Gasteiger partial charge in [-0.25, -0.2) is 14.2 Å². The lowest BCUT2D eigenvalue weighted by atomic mass is 10.1. The number of halogens is 1. The summed E-state index contributed by atoms with van der Waals surface area (Å²) in [6.45, 7) is 3.56. The van der Waals surface area contributed by atoms with Crippen LogP contribution in [0.1, 0.15) is 42.6 Å². The number of oxime groups is 1. The van der Waals surface area contributed by atoms with Crippen LogP contribution in [-0.4, -0.2) is 52.6 Å². The number of hydrogen-bond acceptors (Lipinski definition) is 7. The Morgan fingerprint density at radius 2 is 2.23 bits per heavy atom. The van der Waals surface area contributed by atoms with Crippen LogP contribution in [0.4, 0.5) is 10.2 Å². The molecule has 9 nitrogen and oxygen atoms in total. The van der Waals surface area contributed by atoms with Crippen molar-refractivity contribution in [2.45, 2.75) is 32.2 Å². The highest BCUT2D eigenvalue weighted by Crippen LogP contribution is 2.37. The van der Waals surface area contributed by atoms with E-state index in [1.165, 1.54) is 6.20 Å². The van der Waals surface area contributed by atoms with Crippen molar-refractivity contribution in [2.24, 2.45) is 16.8 Å². The lowest BCUT2D eigenvalue weighted by molar-refractivity contribution is 0.0695. The minimum Gasteiger partial charge on any atom is -0.477 e. The largest absolute Gasteiger partial charge is 0.477 e. The number of nitrogens with zero attached hydrogens (tertiary/aromatic N) is 4. The fraction of sp³-hybridized carbons (Fsp3) is 0.500. The molecule has 0 spiro atoms. The molecule has 4 rings (SSSR count). The van der Waals surface area contributed by atoms with Gasteiger partial charge in [0.1, 0.15) is 17.8 Å². The Bertz CT molecular complexity index is 1080. The molecule has 2 aliphatic rings. The molecule has 10 heteroatoms. The first-order chi connectivity index (χ1) is 14.4. The molecule has 160 valence electrons. The van der Waals surface area contributed by atoms with Gasteiger partial charge in [-0.2, -0.15) is 0 Å². The number of fused-ring (bicyclic) bond motifs is 1. The fourth-order valence-electron chi connectivity index (χ4n) is 3.70. The van der Waals surface area contributed by atoms with Crippen LogP contribution in [0, 0.1) is 11.7 Å². The molecule has 0 aromatic carbocycles. The van der Waals surface area contributed by atoms with Gasteiger partial charge in [0.2, 0.25) is 5.43 Å². The van der Waals surface area contributed by atoms with Gasteiger partial charge in [-0.3, -0.25) is 4.79 Å². The molecule has 1 aliphatic heterocycles. The number of carboxylic acids is 1. The van der Waals surface area contributed by atoms with Crippen LogP contribution in [0.2, 0.25) is 0 Å². The second-order valence-electron chi connectivity index (χ2n) is 7.71. The zero-order valence-corrected chi connectivity index (χ0v) is 16.7. The molecule has 2 fully saturated rings. The second kappa shape index (κ2) is 8.02. The van der Waals surface area contributed by atoms with Crippen LogP contribution in [0.25, 0.3) is 11.0 Å². The van der Waals surface area contributed by atoms with E-state index in [0.29, 0.717) is 31.9 Å². The Balaban J connectivity index is 1.77. The van der Waals surface area contributed by atoms with Crippen molar-refractivity contribution in [3.8, 4) is 0 Å². The number of nitrogens with two attached hydrogens (primary N) is 1. The quantitative estimate of drug-likeness (QED) is 0.520. The predicted octanol–water partition coefficient (Wildman–Crippen LogP) is 1.75. The topological polar surface area (TPSA) is 123 Å². The third-order valence-corrected chi connectivity index (χ3v) is 5.44. The molecule has 0 radical (unpaired) electrons. The van der Waals surface area contributed by atoms with Gasteiger partial charge in [0.05, 0.1) is 17.6 Å². The number of hydrogen-bond donors (Lipinski definition) is 2. The number of aromatic nitrogens is 2. The highest BCUT2D eigenvalue weighted by atomic mass is 19.1. The maximum absolute atomic E-state index is 15.0. The van der Waals surface area contributed by atoms with E-state index < -0.39 is 17.2 Å². The number of pyridine rings is 2. The summed E-state index contributed by atoms with van der Waals surface area (Å²) in [5.41, 5.74) is 5.77. The van der Waals surface area contributed by atoms with Crippen molar-refractivity contribution in [1.29, 1.82) is 0 Å². The molecule has 1 unspecified atom stereocenters. The van der Waals surface area contributed by atoms with Crippen LogP contribution < -0.4 is 16.1 Å². The van der Waals surface area contributed by atoms with E-state index in [1.54, 1.807) is 9.47 Å². The zero-order chi connectivity index (χ0) is 21.4. The monoisotopic (exact) mass is 417 g/mol. The predicted molar refractivity (Wildman–Crippen MR) is 110 cm³/mol. The van der Waals surface area contributed by atoms with Crippen molar-refractivity contribution in [3.05, 3.63) is 33.9 Å². The molecular formula is C20H24FN5O4. The smallest absolute Gasteiger partial charge is 0.341 e. The first-order valence-electron chi connectivity index (χ1n) is 10.1. The zero-order valence-electron chi connectivity index (χ0n) is 16.7. The van der Waals surface area contributed by atoms with Gasteiger partial charge < -0.3 is 25.1 Å². The third kappa shape index (κ3) is 3.62. The van der Waals surface area contributed by atoms with Gasteiger partial charge >= 0.3 is 5.97 Å². The standard InChI is InChI=1S/C20H24FN5O4/c1-2-5-30-24-16-10-25(8-11(16)7-22)19-15(21)6-13-17(27)14(20(28)29)9-26(12-3-4-12)18(13)23-19/h6,9,11-12H,2-5,7-8,10,22H2,1H3,(H,28,29)/b24-16+. The second-order valence-corrected chi connectivity index (χ2v) is 7.71. The number of anilines is 1. The van der Waals surface area contributed by atoms with E-state index >= 15 is 0 Å². The molecule has 3 N–H and O–H groups in total. The number of carbonyl (C=O) groups is 1. The SMILES string of the molecule is CCCO/N=C1\CN(c2nc3c(cc2F)c(=O)c(C(=O)O)cn3C2CC2)CC1CN. The summed E-state index contributed by atoms with van der Waals surface area (Å²) in [7, 11) is 0. The summed E-state index contributed by atoms with van der Waals surface area (Å²) >= 11 is 0. The lowest BCUT2D eigenvalue weighted by Gasteiger charge is -2.19. The lowest BCUT2D eigenvalue weighted by Crippen LogP contribution is -2.26. The normalized spacial score (nSPS) is 20.3. The minimum atomic E-state index is -1.33. The van der Waals surface area contributed by atoms with Crippen LogP contribution in [0.5, 0.6) is 0 Å². The van der Waals surface area contributed by atoms with Crippen molar-refractivity contribution < 1.29 is 19.1 Å². The Labute approximate surface area is 171 Å². The summed E-state index contributed by atoms with van der Waals surface area (Å²) in [6.07, 6.45) is 3.86. The average Bonchev–Trinajstić information content (AvgIpc) is 3.48. The van der Waals surface area contributed by atoms with Crippen LogP contribution in [0.15, 0.2) is 22.2 Å². The van der Waals surface area contributed by atoms with E-state index in [1.807, 2.05) is 6.92 Å². The summed E-state index contributed by atoms with van der Waals surface area (Å²) in [4.78, 5) is 35.5. The summed E-state index contributed by atoms with van der Waals surface area (Å²) in [5, 5.41) is 13.5. The number of rotatable bonds is 7. The molecule has 0 bridgehead atoms. The van der Waals surface area contributed by atoms with Gasteiger partial charge in [0.25, 0.3) is 0 Å². The van der Waals surface area contributed by atoms with E-state index in [0.717, 1.165) is 31.0 Å². The van der Waals surface area contributed by atoms with Crippen molar-refractivity contribution in [3.63, 3.8) is 0 Å². The Morgan fingerprint density at radius 3 is 2.87 bits per heavy atom. The van der Waals surface area contributed by atoms with E-state index in [4.69, 9.17) is 10.6 Å². The van der Waals surface area contributed by atoms with Crippen molar-refractivity contribution in [2.75, 3.05) is 31.1 Å². The van der Waals surface area contributed by atoms with Gasteiger partial charge in [-0.05, 0) is 25.3 Å². The van der Waals surface area contributed by atoms with Crippen LogP contribution >= 0.6 is 0 Å². The highest BCUT2D eigenvalue weighted by molar-refractivity contribution is 5.95. The summed E-state index contributed by atoms with van der Waals surface area (Å²) in [5.74, 6) is -2.01. The van der Waals surface area contributed by atoms with Crippen molar-refractivity contribution in [1.82, 2.24) is 9.55 Å². The van der Waals surface area contributed by atoms with Gasteiger partial charge in [0, 0.05) is 31.2 Å². The van der Waals surface area contributed by atoms with Crippen LogP contribution in [0.3, 0.4) is 0 Å². The molecule has 2 aromatic heterocycles. The van der Waals surface area contributed by atoms with Crippen molar-refractivity contribution >= 4 is 28.5 Å². The van der Waals surface area contributed by atoms with Crippen LogP contribution in [-0.2, 0) is 4.84 Å². The molecule has 0 amide bonds. The van der Waals surface area contributed by atoms with Gasteiger partial charge in [0.15, 0.2) is 11.6 Å². The molecule has 1 saturated carbocycles. The molecule has 30 heavy (non-hydrogen) atoms. The Morgan fingerprint density at radius 1 is 1.47 bits per heavy atom. The minimum absolute atomic E-state index is 0.0298. The first kappa shape index (κ1) is 20.3. The van der Waals surface area contributed by atoms with Gasteiger partial charge in [-0.15, -0.1) is 0 Å². The van der Waals surface area contributed by atoms with E-state index in [-0.39, 0.29) is 28.7 Å². The highest BCUT2D eigenvalue weighted by Gasteiger charge is 2.33. The molecule has 1 aliphatic carbocycles. The maximum atomic E-state index is 15.0. The summed E-state index contributed by atoms with van der Waals surface area (Å²) < 4.78 is 16.7. The third-order valence-electron chi connectivity index (χ3n) is 5.44. The number of aromatic carboxylic acids is 1. The average molecular weight is 417 g/mol. The first-order valence-corrected chi connectivity index (χ1v) is 10.1. The Hall–Kier alpha value is -3.01. The van der Waals surface area contributed by atoms with E-state index in [9.17, 15) is 19.1 Å². The molecule has 3 heterocycles. The molecule has 1 saturated heterocycles. The number of carboxylic acid groups (broad SMARTS) is 1. The molecular weight excluding hydrogens is 393 g/mol. The van der Waals surface area contributed by atoms with Gasteiger partial charge in [-0.1, -0.05) is 12.1 Å². The maximum Gasteiger partial charge on any atom is 0.341 e. The fourth-order valence-corrected chi connectivity index (χ4v) is 3.70. The molecule has 2 aromatic rings.